The van der Waals surface area contributed by atoms with Crippen LogP contribution in [0, 0.1) is 0 Å². The molecule has 228 valence electrons. The number of carbonyl (C=O) groups is 1. The summed E-state index contributed by atoms with van der Waals surface area (Å²) < 4.78 is 30.3. The van der Waals surface area contributed by atoms with Gasteiger partial charge in [-0.1, -0.05) is 41.7 Å². The van der Waals surface area contributed by atoms with Crippen LogP contribution in [-0.2, 0) is 9.53 Å². The molecule has 0 fully saturated rings. The smallest absolute Gasteiger partial charge is 0.338 e. The Morgan fingerprint density at radius 1 is 1.14 bits per heavy atom. The molecule has 9 nitrogen and oxygen atoms in total. The molecule has 11 heteroatoms. The Balaban J connectivity index is 1.92. The SMILES string of the molecule is C=CCOc1c(Cl)cc(/C=c2\sc3n(c2=O)[C@H](c2ccc(OC(C)C)c(OC)c2)C(C(=O)OCC)=C(C)N=3)cc1OCC. The largest absolute Gasteiger partial charge is 0.493 e. The van der Waals surface area contributed by atoms with Crippen LogP contribution in [0.15, 0.2) is 64.0 Å². The maximum absolute atomic E-state index is 14.1. The fourth-order valence-corrected chi connectivity index (χ4v) is 6.00. The minimum absolute atomic E-state index is 0.0750. The highest BCUT2D eigenvalue weighted by Gasteiger charge is 2.34. The summed E-state index contributed by atoms with van der Waals surface area (Å²) in [5.74, 6) is 1.32. The predicted octanol–water partition coefficient (Wildman–Crippen LogP) is 5.21. The number of carbonyl (C=O) groups excluding carboxylic acids is 1. The Kier molecular flexibility index (Phi) is 10.4. The lowest BCUT2D eigenvalue weighted by Gasteiger charge is -2.25. The second kappa shape index (κ2) is 14.0. The number of fused-ring (bicyclic) bond motifs is 1. The monoisotopic (exact) mass is 626 g/mol. The van der Waals surface area contributed by atoms with Crippen molar-refractivity contribution in [1.82, 2.24) is 4.57 Å². The van der Waals surface area contributed by atoms with Gasteiger partial charge < -0.3 is 23.7 Å². The van der Waals surface area contributed by atoms with E-state index in [1.54, 1.807) is 57.4 Å². The number of esters is 1. The number of methoxy groups -OCH3 is 1. The van der Waals surface area contributed by atoms with Gasteiger partial charge in [0.25, 0.3) is 5.56 Å². The first-order chi connectivity index (χ1) is 20.6. The molecule has 0 unspecified atom stereocenters. The molecule has 0 aliphatic carbocycles. The number of thiazole rings is 1. The zero-order valence-electron chi connectivity index (χ0n) is 25.1. The van der Waals surface area contributed by atoms with Crippen molar-refractivity contribution in [3.63, 3.8) is 0 Å². The standard InChI is InChI=1S/C32H35ClN2O7S/c1-8-13-41-29-22(33)14-20(15-25(29)39-9-2)16-26-30(36)35-28(21-11-12-23(42-18(4)5)24(17-21)38-7)27(31(37)40-10-3)19(6)34-32(35)43-26/h8,11-12,14-18,28H,1,9-10,13H2,2-7H3/b26-16-/t28-/m1/s1. The zero-order chi connectivity index (χ0) is 31.3. The second-order valence-electron chi connectivity index (χ2n) is 9.74. The van der Waals surface area contributed by atoms with E-state index in [1.807, 2.05) is 26.8 Å². The third kappa shape index (κ3) is 6.81. The van der Waals surface area contributed by atoms with Crippen molar-refractivity contribution in [2.75, 3.05) is 26.9 Å². The molecule has 2 aromatic carbocycles. The highest BCUT2D eigenvalue weighted by Crippen LogP contribution is 2.38. The molecule has 0 saturated carbocycles. The normalized spacial score (nSPS) is 14.7. The highest BCUT2D eigenvalue weighted by atomic mass is 35.5. The van der Waals surface area contributed by atoms with Gasteiger partial charge in [-0.05, 0) is 76.1 Å². The van der Waals surface area contributed by atoms with E-state index in [0.29, 0.717) is 60.8 Å². The molecule has 4 rings (SSSR count). The van der Waals surface area contributed by atoms with Crippen LogP contribution in [0.5, 0.6) is 23.0 Å². The molecule has 43 heavy (non-hydrogen) atoms. The van der Waals surface area contributed by atoms with Crippen LogP contribution < -0.4 is 33.8 Å². The summed E-state index contributed by atoms with van der Waals surface area (Å²) in [6.07, 6.45) is 3.26. The molecular formula is C32H35ClN2O7S. The number of rotatable bonds is 12. The summed E-state index contributed by atoms with van der Waals surface area (Å²) in [5, 5.41) is 0.334. The first kappa shape index (κ1) is 31.9. The van der Waals surface area contributed by atoms with Gasteiger partial charge in [0.2, 0.25) is 0 Å². The van der Waals surface area contributed by atoms with E-state index < -0.39 is 12.0 Å². The third-order valence-electron chi connectivity index (χ3n) is 6.36. The van der Waals surface area contributed by atoms with Crippen LogP contribution in [0.3, 0.4) is 0 Å². The van der Waals surface area contributed by atoms with Gasteiger partial charge in [-0.15, -0.1) is 0 Å². The molecule has 2 heterocycles. The number of benzene rings is 2. The lowest BCUT2D eigenvalue weighted by Crippen LogP contribution is -2.40. The van der Waals surface area contributed by atoms with E-state index >= 15 is 0 Å². The minimum atomic E-state index is -0.809. The van der Waals surface area contributed by atoms with Crippen LogP contribution >= 0.6 is 22.9 Å². The van der Waals surface area contributed by atoms with Crippen molar-refractivity contribution in [2.24, 2.45) is 4.99 Å². The lowest BCUT2D eigenvalue weighted by atomic mass is 9.95. The predicted molar refractivity (Wildman–Crippen MR) is 167 cm³/mol. The highest BCUT2D eigenvalue weighted by molar-refractivity contribution is 7.07. The van der Waals surface area contributed by atoms with E-state index in [9.17, 15) is 9.59 Å². The molecule has 0 radical (unpaired) electrons. The van der Waals surface area contributed by atoms with Gasteiger partial charge in [-0.3, -0.25) is 9.36 Å². The summed E-state index contributed by atoms with van der Waals surface area (Å²) in [7, 11) is 1.54. The summed E-state index contributed by atoms with van der Waals surface area (Å²) in [4.78, 5) is 32.4. The van der Waals surface area contributed by atoms with Gasteiger partial charge in [0.15, 0.2) is 27.8 Å². The maximum atomic E-state index is 14.1. The summed E-state index contributed by atoms with van der Waals surface area (Å²) in [6, 6.07) is 8.01. The van der Waals surface area contributed by atoms with Crippen LogP contribution in [0.2, 0.25) is 5.02 Å². The lowest BCUT2D eigenvalue weighted by molar-refractivity contribution is -0.139. The molecule has 1 atom stereocenters. The number of hydrogen-bond acceptors (Lipinski definition) is 9. The fraction of sp³-hybridized carbons (Fsp3) is 0.344. The third-order valence-corrected chi connectivity index (χ3v) is 7.62. The zero-order valence-corrected chi connectivity index (χ0v) is 26.6. The second-order valence-corrected chi connectivity index (χ2v) is 11.2. The molecule has 3 aromatic rings. The Morgan fingerprint density at radius 2 is 1.91 bits per heavy atom. The van der Waals surface area contributed by atoms with Gasteiger partial charge in [0.05, 0.1) is 53.3 Å². The number of allylic oxidation sites excluding steroid dienone is 1. The molecule has 0 N–H and O–H groups in total. The molecule has 0 spiro atoms. The number of aromatic nitrogens is 1. The quantitative estimate of drug-likeness (QED) is 0.201. The summed E-state index contributed by atoms with van der Waals surface area (Å²) >= 11 is 7.76. The van der Waals surface area contributed by atoms with E-state index in [-0.39, 0.29) is 30.5 Å². The Hall–Kier alpha value is -4.02. The molecule has 0 bridgehead atoms. The van der Waals surface area contributed by atoms with E-state index in [4.69, 9.17) is 35.3 Å². The minimum Gasteiger partial charge on any atom is -0.493 e. The first-order valence-electron chi connectivity index (χ1n) is 13.9. The molecule has 1 aliphatic rings. The van der Waals surface area contributed by atoms with Gasteiger partial charge in [-0.25, -0.2) is 9.79 Å². The van der Waals surface area contributed by atoms with E-state index in [0.717, 1.165) is 0 Å². The van der Waals surface area contributed by atoms with Crippen LogP contribution in [-0.4, -0.2) is 43.6 Å². The van der Waals surface area contributed by atoms with Crippen LogP contribution in [0.25, 0.3) is 6.08 Å². The van der Waals surface area contributed by atoms with E-state index in [1.165, 1.54) is 15.9 Å². The van der Waals surface area contributed by atoms with Crippen molar-refractivity contribution < 1.29 is 28.5 Å². The average molecular weight is 627 g/mol. The van der Waals surface area contributed by atoms with Crippen molar-refractivity contribution in [2.45, 2.75) is 46.8 Å². The topological polar surface area (TPSA) is 97.6 Å². The number of ether oxygens (including phenoxy) is 5. The number of nitrogens with zero attached hydrogens (tertiary/aromatic N) is 2. The number of halogens is 1. The van der Waals surface area contributed by atoms with Crippen LogP contribution in [0.4, 0.5) is 0 Å². The summed E-state index contributed by atoms with van der Waals surface area (Å²) in [6.45, 7) is 13.7. The molecule has 1 aliphatic heterocycles. The van der Waals surface area contributed by atoms with Crippen molar-refractivity contribution in [1.29, 1.82) is 0 Å². The van der Waals surface area contributed by atoms with Crippen molar-refractivity contribution in [3.05, 3.63) is 90.1 Å². The van der Waals surface area contributed by atoms with Gasteiger partial charge in [-0.2, -0.15) is 0 Å². The Bertz CT molecular complexity index is 1740. The molecule has 1 aromatic heterocycles. The number of hydrogen-bond donors (Lipinski definition) is 0. The van der Waals surface area contributed by atoms with Crippen LogP contribution in [0.1, 0.15) is 51.8 Å². The van der Waals surface area contributed by atoms with Gasteiger partial charge in [0, 0.05) is 0 Å². The Morgan fingerprint density at radius 3 is 2.56 bits per heavy atom. The average Bonchev–Trinajstić information content (AvgIpc) is 3.26. The molecular weight excluding hydrogens is 592 g/mol. The van der Waals surface area contributed by atoms with Gasteiger partial charge >= 0.3 is 5.97 Å². The summed E-state index contributed by atoms with van der Waals surface area (Å²) in [5.41, 5.74) is 1.68. The first-order valence-corrected chi connectivity index (χ1v) is 15.1. The molecule has 0 saturated heterocycles. The van der Waals surface area contributed by atoms with Crippen molar-refractivity contribution in [3.8, 4) is 23.0 Å². The Labute approximate surface area is 259 Å². The van der Waals surface area contributed by atoms with Gasteiger partial charge in [0.1, 0.15) is 6.61 Å². The van der Waals surface area contributed by atoms with Crippen molar-refractivity contribution >= 4 is 35.0 Å². The van der Waals surface area contributed by atoms with E-state index in [2.05, 4.69) is 11.6 Å². The maximum Gasteiger partial charge on any atom is 0.338 e. The molecule has 0 amide bonds. The fourth-order valence-electron chi connectivity index (χ4n) is 4.68.